The number of nitrogens with one attached hydrogen (secondary N) is 1. The topological polar surface area (TPSA) is 48.7 Å². The zero-order valence-corrected chi connectivity index (χ0v) is 12.3. The highest BCUT2D eigenvalue weighted by molar-refractivity contribution is 7.98. The number of benzene rings is 2. The van der Waals surface area contributed by atoms with E-state index < -0.39 is 0 Å². The van der Waals surface area contributed by atoms with E-state index in [4.69, 9.17) is 0 Å². The highest BCUT2D eigenvalue weighted by Gasteiger charge is 2.07. The van der Waals surface area contributed by atoms with Gasteiger partial charge in [-0.15, -0.1) is 11.8 Å². The Balaban J connectivity index is 2.01. The molecule has 0 aliphatic rings. The van der Waals surface area contributed by atoms with E-state index in [1.54, 1.807) is 18.0 Å². The van der Waals surface area contributed by atoms with Gasteiger partial charge in [0.25, 0.3) is 0 Å². The Labute approximate surface area is 127 Å². The second-order valence-electron chi connectivity index (χ2n) is 4.53. The first-order valence-corrected chi connectivity index (χ1v) is 7.73. The Bertz CT molecular complexity index is 837. The fraction of sp³-hybridized carbons (Fsp3) is 0.0588. The highest BCUT2D eigenvalue weighted by Crippen LogP contribution is 2.29. The van der Waals surface area contributed by atoms with Gasteiger partial charge in [-0.3, -0.25) is 4.98 Å². The van der Waals surface area contributed by atoms with Crippen molar-refractivity contribution in [3.05, 3.63) is 60.3 Å². The van der Waals surface area contributed by atoms with E-state index >= 15 is 0 Å². The fourth-order valence-electron chi connectivity index (χ4n) is 2.23. The Morgan fingerprint density at radius 3 is 2.86 bits per heavy atom. The molecule has 1 heterocycles. The highest BCUT2D eigenvalue weighted by atomic mass is 32.2. The Hall–Kier alpha value is -2.51. The lowest BCUT2D eigenvalue weighted by Crippen LogP contribution is -1.95. The summed E-state index contributed by atoms with van der Waals surface area (Å²) in [5.74, 6) is 0. The van der Waals surface area contributed by atoms with Crippen molar-refractivity contribution in [2.24, 2.45) is 0 Å². The number of aromatic nitrogens is 1. The predicted octanol–water partition coefficient (Wildman–Crippen LogP) is 4.57. The van der Waals surface area contributed by atoms with E-state index in [0.717, 1.165) is 27.2 Å². The van der Waals surface area contributed by atoms with Crippen molar-refractivity contribution >= 4 is 34.0 Å². The third-order valence-corrected chi connectivity index (χ3v) is 4.02. The minimum absolute atomic E-state index is 0.677. The van der Waals surface area contributed by atoms with Crippen molar-refractivity contribution in [2.45, 2.75) is 4.90 Å². The molecule has 0 amide bonds. The van der Waals surface area contributed by atoms with Crippen LogP contribution in [0.4, 0.5) is 11.4 Å². The zero-order chi connectivity index (χ0) is 14.7. The quantitative estimate of drug-likeness (QED) is 0.718. The van der Waals surface area contributed by atoms with Gasteiger partial charge in [0.1, 0.15) is 6.07 Å². The van der Waals surface area contributed by atoms with Gasteiger partial charge < -0.3 is 5.32 Å². The standard InChI is InChI=1S/C17H13N3S/c1-21-17-6-2-5-16(14(17)11-18)20-13-7-8-15-12(10-13)4-3-9-19-15/h2-10,20H,1H3. The molecular formula is C17H13N3S. The van der Waals surface area contributed by atoms with Crippen molar-refractivity contribution in [3.63, 3.8) is 0 Å². The molecule has 0 saturated heterocycles. The Morgan fingerprint density at radius 2 is 2.05 bits per heavy atom. The molecule has 0 aliphatic heterocycles. The molecule has 21 heavy (non-hydrogen) atoms. The first-order chi connectivity index (χ1) is 10.3. The van der Waals surface area contributed by atoms with Gasteiger partial charge in [-0.25, -0.2) is 0 Å². The van der Waals surface area contributed by atoms with Crippen LogP contribution < -0.4 is 5.32 Å². The normalized spacial score (nSPS) is 10.3. The van der Waals surface area contributed by atoms with Crippen LogP contribution in [0.25, 0.3) is 10.9 Å². The SMILES string of the molecule is CSc1cccc(Nc2ccc3ncccc3c2)c1C#N. The molecule has 0 unspecified atom stereocenters. The largest absolute Gasteiger partial charge is 0.354 e. The maximum absolute atomic E-state index is 9.37. The average molecular weight is 291 g/mol. The van der Waals surface area contributed by atoms with E-state index in [1.165, 1.54) is 0 Å². The van der Waals surface area contributed by atoms with Gasteiger partial charge >= 0.3 is 0 Å². The molecule has 0 bridgehead atoms. The summed E-state index contributed by atoms with van der Waals surface area (Å²) in [4.78, 5) is 5.28. The molecule has 2 aromatic carbocycles. The van der Waals surface area contributed by atoms with Gasteiger partial charge in [0.15, 0.2) is 0 Å². The van der Waals surface area contributed by atoms with Crippen LogP contribution in [0.3, 0.4) is 0 Å². The summed E-state index contributed by atoms with van der Waals surface area (Å²) in [5, 5.41) is 13.8. The van der Waals surface area contributed by atoms with Crippen molar-refractivity contribution < 1.29 is 0 Å². The third kappa shape index (κ3) is 2.69. The number of hydrogen-bond donors (Lipinski definition) is 1. The summed E-state index contributed by atoms with van der Waals surface area (Å²) in [7, 11) is 0. The molecule has 3 nitrogen and oxygen atoms in total. The molecule has 0 radical (unpaired) electrons. The minimum atomic E-state index is 0.677. The molecule has 0 fully saturated rings. The number of rotatable bonds is 3. The molecule has 0 saturated carbocycles. The van der Waals surface area contributed by atoms with Crippen molar-refractivity contribution in [1.29, 1.82) is 5.26 Å². The molecule has 1 aromatic heterocycles. The minimum Gasteiger partial charge on any atom is -0.354 e. The second-order valence-corrected chi connectivity index (χ2v) is 5.38. The monoisotopic (exact) mass is 291 g/mol. The molecule has 3 rings (SSSR count). The smallest absolute Gasteiger partial charge is 0.103 e. The van der Waals surface area contributed by atoms with Crippen LogP contribution in [0.2, 0.25) is 0 Å². The maximum atomic E-state index is 9.37. The molecule has 0 aliphatic carbocycles. The van der Waals surface area contributed by atoms with Gasteiger partial charge in [-0.1, -0.05) is 12.1 Å². The van der Waals surface area contributed by atoms with Crippen molar-refractivity contribution in [2.75, 3.05) is 11.6 Å². The van der Waals surface area contributed by atoms with Crippen LogP contribution in [0.5, 0.6) is 0 Å². The summed E-state index contributed by atoms with van der Waals surface area (Å²) in [5.41, 5.74) is 3.41. The molecule has 0 spiro atoms. The number of nitriles is 1. The van der Waals surface area contributed by atoms with Crippen molar-refractivity contribution in [1.82, 2.24) is 4.98 Å². The fourth-order valence-corrected chi connectivity index (χ4v) is 2.80. The van der Waals surface area contributed by atoms with Crippen LogP contribution in [0.15, 0.2) is 59.6 Å². The lowest BCUT2D eigenvalue weighted by molar-refractivity contribution is 1.36. The van der Waals surface area contributed by atoms with Gasteiger partial charge in [0.05, 0.1) is 16.8 Å². The number of hydrogen-bond acceptors (Lipinski definition) is 4. The summed E-state index contributed by atoms with van der Waals surface area (Å²) in [6.45, 7) is 0. The summed E-state index contributed by atoms with van der Waals surface area (Å²) in [6, 6.07) is 18.0. The van der Waals surface area contributed by atoms with Crippen LogP contribution in [-0.2, 0) is 0 Å². The Kier molecular flexibility index (Phi) is 3.76. The van der Waals surface area contributed by atoms with Gasteiger partial charge in [0, 0.05) is 22.2 Å². The average Bonchev–Trinajstić information content (AvgIpc) is 2.54. The number of fused-ring (bicyclic) bond motifs is 1. The van der Waals surface area contributed by atoms with Gasteiger partial charge in [0.2, 0.25) is 0 Å². The summed E-state index contributed by atoms with van der Waals surface area (Å²) >= 11 is 1.57. The second kappa shape index (κ2) is 5.86. The van der Waals surface area contributed by atoms with Gasteiger partial charge in [-0.05, 0) is 42.7 Å². The van der Waals surface area contributed by atoms with Crippen molar-refractivity contribution in [3.8, 4) is 6.07 Å². The van der Waals surface area contributed by atoms with E-state index in [9.17, 15) is 5.26 Å². The first-order valence-electron chi connectivity index (χ1n) is 6.51. The summed E-state index contributed by atoms with van der Waals surface area (Å²) < 4.78 is 0. The third-order valence-electron chi connectivity index (χ3n) is 3.24. The first kappa shape index (κ1) is 13.5. The molecule has 1 N–H and O–H groups in total. The maximum Gasteiger partial charge on any atom is 0.103 e. The number of anilines is 2. The Morgan fingerprint density at radius 1 is 1.14 bits per heavy atom. The molecule has 3 aromatic rings. The lowest BCUT2D eigenvalue weighted by atomic mass is 10.1. The number of thioether (sulfide) groups is 1. The molecule has 0 atom stereocenters. The summed E-state index contributed by atoms with van der Waals surface area (Å²) in [6.07, 6.45) is 3.76. The zero-order valence-electron chi connectivity index (χ0n) is 11.5. The van der Waals surface area contributed by atoms with Crippen LogP contribution >= 0.6 is 11.8 Å². The van der Waals surface area contributed by atoms with Crippen LogP contribution in [-0.4, -0.2) is 11.2 Å². The lowest BCUT2D eigenvalue weighted by Gasteiger charge is -2.11. The number of pyridine rings is 1. The van der Waals surface area contributed by atoms with Crippen LogP contribution in [0, 0.1) is 11.3 Å². The molecular weight excluding hydrogens is 278 g/mol. The van der Waals surface area contributed by atoms with Gasteiger partial charge in [-0.2, -0.15) is 5.26 Å². The molecule has 4 heteroatoms. The molecule has 102 valence electrons. The van der Waals surface area contributed by atoms with E-state index in [2.05, 4.69) is 16.4 Å². The number of nitrogens with zero attached hydrogens (tertiary/aromatic N) is 2. The van der Waals surface area contributed by atoms with Crippen LogP contribution in [0.1, 0.15) is 5.56 Å². The van der Waals surface area contributed by atoms with E-state index in [-0.39, 0.29) is 0 Å². The predicted molar refractivity (Wildman–Crippen MR) is 88.0 cm³/mol. The van der Waals surface area contributed by atoms with E-state index in [0.29, 0.717) is 5.56 Å². The van der Waals surface area contributed by atoms with E-state index in [1.807, 2.05) is 54.8 Å².